The van der Waals surface area contributed by atoms with Gasteiger partial charge in [-0.2, -0.15) is 0 Å². The van der Waals surface area contributed by atoms with Crippen molar-refractivity contribution in [3.63, 3.8) is 0 Å². The average Bonchev–Trinajstić information content (AvgIpc) is 2.70. The number of thiazole rings is 1. The molecule has 0 fully saturated rings. The van der Waals surface area contributed by atoms with E-state index in [1.54, 1.807) is 11.3 Å². The predicted molar refractivity (Wildman–Crippen MR) is 60.2 cm³/mol. The van der Waals surface area contributed by atoms with Gasteiger partial charge >= 0.3 is 0 Å². The molecule has 0 aliphatic heterocycles. The molecule has 0 bridgehead atoms. The molecule has 3 nitrogen and oxygen atoms in total. The van der Waals surface area contributed by atoms with Crippen LogP contribution in [0.3, 0.4) is 0 Å². The molecular formula is C10H15N3S. The fraction of sp³-hybridized carbons (Fsp3) is 0.500. The Morgan fingerprint density at radius 3 is 3.14 bits per heavy atom. The number of nitrogens with zero attached hydrogens (tertiary/aromatic N) is 1. The molecule has 0 spiro atoms. The van der Waals surface area contributed by atoms with Gasteiger partial charge in [0.1, 0.15) is 5.01 Å². The molecular weight excluding hydrogens is 194 g/mol. The van der Waals surface area contributed by atoms with E-state index in [-0.39, 0.29) is 0 Å². The van der Waals surface area contributed by atoms with Crippen LogP contribution in [0.2, 0.25) is 0 Å². The van der Waals surface area contributed by atoms with Gasteiger partial charge in [-0.15, -0.1) is 17.8 Å². The summed E-state index contributed by atoms with van der Waals surface area (Å²) < 4.78 is 0. The molecule has 4 heteroatoms. The lowest BCUT2D eigenvalue weighted by Gasteiger charge is -2.10. The fourth-order valence-corrected chi connectivity index (χ4v) is 1.74. The van der Waals surface area contributed by atoms with Crippen molar-refractivity contribution in [1.29, 1.82) is 0 Å². The molecule has 2 N–H and O–H groups in total. The normalized spacial score (nSPS) is 12.3. The zero-order chi connectivity index (χ0) is 10.2. The highest BCUT2D eigenvalue weighted by atomic mass is 32.1. The van der Waals surface area contributed by atoms with Gasteiger partial charge in [-0.05, 0) is 6.92 Å². The number of hydrogen-bond acceptors (Lipinski definition) is 4. The van der Waals surface area contributed by atoms with Crippen molar-refractivity contribution < 1.29 is 0 Å². The SMILES string of the molecule is C#CCNCCNC(C)c1nccs1. The maximum atomic E-state index is 5.11. The molecule has 0 saturated carbocycles. The quantitative estimate of drug-likeness (QED) is 0.542. The molecule has 1 rings (SSSR count). The van der Waals surface area contributed by atoms with E-state index >= 15 is 0 Å². The van der Waals surface area contributed by atoms with E-state index < -0.39 is 0 Å². The standard InChI is InChI=1S/C10H15N3S/c1-3-4-11-5-6-12-9(2)10-13-7-8-14-10/h1,7-9,11-12H,4-6H2,2H3. The smallest absolute Gasteiger partial charge is 0.109 e. The van der Waals surface area contributed by atoms with Crippen molar-refractivity contribution in [3.05, 3.63) is 16.6 Å². The molecule has 0 aromatic carbocycles. The number of aromatic nitrogens is 1. The molecule has 0 radical (unpaired) electrons. The molecule has 1 unspecified atom stereocenters. The van der Waals surface area contributed by atoms with Crippen LogP contribution in [0.15, 0.2) is 11.6 Å². The third-order valence-electron chi connectivity index (χ3n) is 1.80. The lowest BCUT2D eigenvalue weighted by Crippen LogP contribution is -2.29. The summed E-state index contributed by atoms with van der Waals surface area (Å²) >= 11 is 1.67. The Morgan fingerprint density at radius 1 is 1.64 bits per heavy atom. The summed E-state index contributed by atoms with van der Waals surface area (Å²) in [5.41, 5.74) is 0. The van der Waals surface area contributed by atoms with Crippen molar-refractivity contribution in [1.82, 2.24) is 15.6 Å². The molecule has 1 heterocycles. The summed E-state index contributed by atoms with van der Waals surface area (Å²) in [4.78, 5) is 4.23. The van der Waals surface area contributed by atoms with Gasteiger partial charge in [-0.1, -0.05) is 5.92 Å². The van der Waals surface area contributed by atoms with Crippen LogP contribution in [0.5, 0.6) is 0 Å². The van der Waals surface area contributed by atoms with Gasteiger partial charge in [-0.3, -0.25) is 0 Å². The van der Waals surface area contributed by atoms with Crippen LogP contribution in [0, 0.1) is 12.3 Å². The van der Waals surface area contributed by atoms with Crippen molar-refractivity contribution >= 4 is 11.3 Å². The molecule has 0 amide bonds. The van der Waals surface area contributed by atoms with Gasteiger partial charge in [0.25, 0.3) is 0 Å². The first-order valence-electron chi connectivity index (χ1n) is 4.61. The van der Waals surface area contributed by atoms with Crippen LogP contribution in [0.1, 0.15) is 18.0 Å². The summed E-state index contributed by atoms with van der Waals surface area (Å²) in [6.07, 6.45) is 6.93. The summed E-state index contributed by atoms with van der Waals surface area (Å²) in [5, 5.41) is 9.60. The molecule has 1 atom stereocenters. The number of nitrogens with one attached hydrogen (secondary N) is 2. The van der Waals surface area contributed by atoms with Gasteiger partial charge in [-0.25, -0.2) is 4.98 Å². The van der Waals surface area contributed by atoms with Crippen molar-refractivity contribution in [2.75, 3.05) is 19.6 Å². The number of hydrogen-bond donors (Lipinski definition) is 2. The Kier molecular flexibility index (Phi) is 5.23. The maximum Gasteiger partial charge on any atom is 0.109 e. The highest BCUT2D eigenvalue weighted by Gasteiger charge is 2.05. The van der Waals surface area contributed by atoms with Crippen molar-refractivity contribution in [2.45, 2.75) is 13.0 Å². The minimum Gasteiger partial charge on any atom is -0.307 e. The number of terminal acetylenes is 1. The second-order valence-corrected chi connectivity index (χ2v) is 3.85. The molecule has 1 aromatic heterocycles. The Bertz CT molecular complexity index is 276. The van der Waals surface area contributed by atoms with E-state index in [0.717, 1.165) is 18.1 Å². The molecule has 14 heavy (non-hydrogen) atoms. The van der Waals surface area contributed by atoms with Gasteiger partial charge in [0.2, 0.25) is 0 Å². The van der Waals surface area contributed by atoms with Crippen LogP contribution in [-0.2, 0) is 0 Å². The zero-order valence-corrected chi connectivity index (χ0v) is 9.10. The largest absolute Gasteiger partial charge is 0.307 e. The van der Waals surface area contributed by atoms with Crippen LogP contribution in [0.25, 0.3) is 0 Å². The average molecular weight is 209 g/mol. The minimum absolute atomic E-state index is 0.322. The first-order valence-corrected chi connectivity index (χ1v) is 5.49. The summed E-state index contributed by atoms with van der Waals surface area (Å²) in [6, 6.07) is 0.322. The third-order valence-corrected chi connectivity index (χ3v) is 2.76. The van der Waals surface area contributed by atoms with E-state index in [4.69, 9.17) is 6.42 Å². The number of rotatable bonds is 6. The zero-order valence-electron chi connectivity index (χ0n) is 8.29. The molecule has 76 valence electrons. The summed E-state index contributed by atoms with van der Waals surface area (Å²) in [5.74, 6) is 2.53. The van der Waals surface area contributed by atoms with E-state index in [0.29, 0.717) is 12.6 Å². The third kappa shape index (κ3) is 3.88. The van der Waals surface area contributed by atoms with E-state index in [1.165, 1.54) is 0 Å². The van der Waals surface area contributed by atoms with E-state index in [2.05, 4.69) is 28.5 Å². The Labute approximate surface area is 88.9 Å². The highest BCUT2D eigenvalue weighted by Crippen LogP contribution is 2.13. The van der Waals surface area contributed by atoms with E-state index in [1.807, 2.05) is 11.6 Å². The minimum atomic E-state index is 0.322. The fourth-order valence-electron chi connectivity index (χ4n) is 1.07. The lowest BCUT2D eigenvalue weighted by molar-refractivity contribution is 0.555. The first-order chi connectivity index (χ1) is 6.84. The van der Waals surface area contributed by atoms with Gasteiger partial charge in [0.15, 0.2) is 0 Å². The molecule has 0 aliphatic rings. The Hall–Kier alpha value is -0.890. The Balaban J connectivity index is 2.10. The second-order valence-electron chi connectivity index (χ2n) is 2.93. The van der Waals surface area contributed by atoms with Gasteiger partial charge < -0.3 is 10.6 Å². The van der Waals surface area contributed by atoms with Gasteiger partial charge in [0, 0.05) is 24.7 Å². The molecule has 0 aliphatic carbocycles. The highest BCUT2D eigenvalue weighted by molar-refractivity contribution is 7.09. The maximum absolute atomic E-state index is 5.11. The van der Waals surface area contributed by atoms with Crippen LogP contribution in [-0.4, -0.2) is 24.6 Å². The van der Waals surface area contributed by atoms with Crippen LogP contribution < -0.4 is 10.6 Å². The lowest BCUT2D eigenvalue weighted by atomic mass is 10.3. The molecule has 1 aromatic rings. The predicted octanol–water partition coefficient (Wildman–Crippen LogP) is 1.02. The van der Waals surface area contributed by atoms with Crippen LogP contribution >= 0.6 is 11.3 Å². The first kappa shape index (κ1) is 11.2. The van der Waals surface area contributed by atoms with Crippen molar-refractivity contribution in [3.8, 4) is 12.3 Å². The molecule has 0 saturated heterocycles. The second kappa shape index (κ2) is 6.55. The monoisotopic (exact) mass is 209 g/mol. The van der Waals surface area contributed by atoms with E-state index in [9.17, 15) is 0 Å². The summed E-state index contributed by atoms with van der Waals surface area (Å²) in [6.45, 7) is 4.54. The van der Waals surface area contributed by atoms with Crippen molar-refractivity contribution in [2.24, 2.45) is 0 Å². The van der Waals surface area contributed by atoms with Gasteiger partial charge in [0.05, 0.1) is 12.6 Å². The van der Waals surface area contributed by atoms with Crippen LogP contribution in [0.4, 0.5) is 0 Å². The Morgan fingerprint density at radius 2 is 2.50 bits per heavy atom. The topological polar surface area (TPSA) is 37.0 Å². The summed E-state index contributed by atoms with van der Waals surface area (Å²) in [7, 11) is 0.